The number of pyridine rings is 2. The number of hydrogen-bond donors (Lipinski definition) is 0. The molecular formula is C12H8N6. The first-order valence-electron chi connectivity index (χ1n) is 5.34. The highest BCUT2D eigenvalue weighted by atomic mass is 15.4. The molecule has 3 rings (SSSR count). The standard InChI is InChI=1S/C12H8N6/c1-3-7-13-9(5-1)11-12(16-18-17-15-11)10-6-2-4-8-14-10/h1-8H. The number of nitrogens with zero attached hydrogens (tertiary/aromatic N) is 6. The summed E-state index contributed by atoms with van der Waals surface area (Å²) in [6.45, 7) is 0. The van der Waals surface area contributed by atoms with Gasteiger partial charge in [-0.25, -0.2) is 0 Å². The van der Waals surface area contributed by atoms with Crippen LogP contribution in [0.15, 0.2) is 48.8 Å². The summed E-state index contributed by atoms with van der Waals surface area (Å²) in [5.41, 5.74) is 2.54. The lowest BCUT2D eigenvalue weighted by Crippen LogP contribution is -2.01. The van der Waals surface area contributed by atoms with Gasteiger partial charge in [0, 0.05) is 12.4 Å². The van der Waals surface area contributed by atoms with Crippen LogP contribution in [0.5, 0.6) is 0 Å². The minimum Gasteiger partial charge on any atom is -0.254 e. The fraction of sp³-hybridized carbons (Fsp3) is 0. The molecule has 0 aliphatic carbocycles. The second-order valence-electron chi connectivity index (χ2n) is 3.51. The Balaban J connectivity index is 2.18. The molecule has 0 bridgehead atoms. The third-order valence-corrected chi connectivity index (χ3v) is 2.37. The fourth-order valence-corrected chi connectivity index (χ4v) is 1.57. The molecule has 6 nitrogen and oxygen atoms in total. The van der Waals surface area contributed by atoms with Crippen LogP contribution in [-0.2, 0) is 0 Å². The molecule has 0 unspecified atom stereocenters. The summed E-state index contributed by atoms with van der Waals surface area (Å²) < 4.78 is 0. The maximum atomic E-state index is 4.24. The van der Waals surface area contributed by atoms with Crippen molar-refractivity contribution in [1.82, 2.24) is 30.6 Å². The van der Waals surface area contributed by atoms with Crippen molar-refractivity contribution in [1.29, 1.82) is 0 Å². The van der Waals surface area contributed by atoms with Gasteiger partial charge in [-0.1, -0.05) is 12.1 Å². The van der Waals surface area contributed by atoms with Crippen LogP contribution in [0.1, 0.15) is 0 Å². The van der Waals surface area contributed by atoms with E-state index in [2.05, 4.69) is 30.6 Å². The van der Waals surface area contributed by atoms with E-state index in [1.165, 1.54) is 0 Å². The summed E-state index contributed by atoms with van der Waals surface area (Å²) in [5.74, 6) is 0. The van der Waals surface area contributed by atoms with E-state index < -0.39 is 0 Å². The maximum Gasteiger partial charge on any atom is 0.143 e. The molecule has 0 aliphatic rings. The molecule has 0 radical (unpaired) electrons. The van der Waals surface area contributed by atoms with Crippen molar-refractivity contribution < 1.29 is 0 Å². The zero-order chi connectivity index (χ0) is 12.2. The Morgan fingerprint density at radius 1 is 0.611 bits per heavy atom. The fourth-order valence-electron chi connectivity index (χ4n) is 1.57. The van der Waals surface area contributed by atoms with Gasteiger partial charge in [0.15, 0.2) is 0 Å². The molecule has 0 saturated carbocycles. The summed E-state index contributed by atoms with van der Waals surface area (Å²) >= 11 is 0. The number of rotatable bonds is 2. The molecular weight excluding hydrogens is 228 g/mol. The van der Waals surface area contributed by atoms with Crippen molar-refractivity contribution >= 4 is 0 Å². The Morgan fingerprint density at radius 2 is 1.11 bits per heavy atom. The van der Waals surface area contributed by atoms with Gasteiger partial charge in [0.1, 0.15) is 11.4 Å². The highest BCUT2D eigenvalue weighted by Crippen LogP contribution is 2.23. The van der Waals surface area contributed by atoms with E-state index in [1.807, 2.05) is 36.4 Å². The van der Waals surface area contributed by atoms with Crippen molar-refractivity contribution in [3.63, 3.8) is 0 Å². The molecule has 3 heterocycles. The van der Waals surface area contributed by atoms with Crippen LogP contribution < -0.4 is 0 Å². The lowest BCUT2D eigenvalue weighted by Gasteiger charge is -2.03. The Hall–Kier alpha value is -2.76. The van der Waals surface area contributed by atoms with Gasteiger partial charge < -0.3 is 0 Å². The quantitative estimate of drug-likeness (QED) is 0.669. The average molecular weight is 236 g/mol. The molecule has 0 spiro atoms. The highest BCUT2D eigenvalue weighted by Gasteiger charge is 2.13. The van der Waals surface area contributed by atoms with Crippen LogP contribution in [0.25, 0.3) is 22.8 Å². The molecule has 0 saturated heterocycles. The smallest absolute Gasteiger partial charge is 0.143 e. The molecule has 0 N–H and O–H groups in total. The number of hydrogen-bond acceptors (Lipinski definition) is 6. The van der Waals surface area contributed by atoms with Crippen LogP contribution in [0.3, 0.4) is 0 Å². The first-order chi connectivity index (χ1) is 8.95. The topological polar surface area (TPSA) is 77.3 Å². The molecule has 3 aromatic rings. The predicted octanol–water partition coefficient (Wildman–Crippen LogP) is 1.39. The molecule has 0 aromatic carbocycles. The van der Waals surface area contributed by atoms with E-state index in [0.29, 0.717) is 22.8 Å². The third-order valence-electron chi connectivity index (χ3n) is 2.37. The summed E-state index contributed by atoms with van der Waals surface area (Å²) in [6.07, 6.45) is 3.39. The molecule has 0 aliphatic heterocycles. The van der Waals surface area contributed by atoms with Crippen molar-refractivity contribution in [2.24, 2.45) is 0 Å². The molecule has 86 valence electrons. The van der Waals surface area contributed by atoms with Crippen molar-refractivity contribution in [3.05, 3.63) is 48.8 Å². The first-order valence-corrected chi connectivity index (χ1v) is 5.34. The summed E-state index contributed by atoms with van der Waals surface area (Å²) in [7, 11) is 0. The van der Waals surface area contributed by atoms with Crippen LogP contribution in [0.2, 0.25) is 0 Å². The normalized spacial score (nSPS) is 10.2. The van der Waals surface area contributed by atoms with Gasteiger partial charge in [-0.3, -0.25) is 9.97 Å². The van der Waals surface area contributed by atoms with Gasteiger partial charge in [-0.05, 0) is 34.7 Å². The molecule has 18 heavy (non-hydrogen) atoms. The Kier molecular flexibility index (Phi) is 2.67. The zero-order valence-corrected chi connectivity index (χ0v) is 9.30. The molecule has 0 amide bonds. The van der Waals surface area contributed by atoms with Crippen LogP contribution >= 0.6 is 0 Å². The Morgan fingerprint density at radius 3 is 1.50 bits per heavy atom. The highest BCUT2D eigenvalue weighted by molar-refractivity contribution is 5.72. The summed E-state index contributed by atoms with van der Waals surface area (Å²) in [6, 6.07) is 11.1. The largest absolute Gasteiger partial charge is 0.254 e. The van der Waals surface area contributed by atoms with Crippen LogP contribution in [0.4, 0.5) is 0 Å². The molecule has 3 aromatic heterocycles. The maximum absolute atomic E-state index is 4.24. The summed E-state index contributed by atoms with van der Waals surface area (Å²) in [5, 5.41) is 15.1. The van der Waals surface area contributed by atoms with E-state index in [9.17, 15) is 0 Å². The SMILES string of the molecule is c1ccc(-c2nnnnc2-c2ccccn2)nc1. The van der Waals surface area contributed by atoms with E-state index in [0.717, 1.165) is 0 Å². The lowest BCUT2D eigenvalue weighted by molar-refractivity contribution is 0.768. The van der Waals surface area contributed by atoms with Gasteiger partial charge in [0.25, 0.3) is 0 Å². The predicted molar refractivity (Wildman–Crippen MR) is 64.1 cm³/mol. The Labute approximate surface area is 103 Å². The van der Waals surface area contributed by atoms with Gasteiger partial charge in [0.05, 0.1) is 11.4 Å². The number of aromatic nitrogens is 6. The Bertz CT molecular complexity index is 582. The lowest BCUT2D eigenvalue weighted by atomic mass is 10.1. The van der Waals surface area contributed by atoms with Crippen molar-refractivity contribution in [2.75, 3.05) is 0 Å². The third kappa shape index (κ3) is 1.91. The minimum atomic E-state index is 0.573. The average Bonchev–Trinajstić information content (AvgIpc) is 2.49. The zero-order valence-electron chi connectivity index (χ0n) is 9.30. The van der Waals surface area contributed by atoms with Gasteiger partial charge in [-0.15, -0.1) is 10.2 Å². The van der Waals surface area contributed by atoms with Gasteiger partial charge >= 0.3 is 0 Å². The van der Waals surface area contributed by atoms with Gasteiger partial charge in [0.2, 0.25) is 0 Å². The van der Waals surface area contributed by atoms with Crippen LogP contribution in [0, 0.1) is 0 Å². The van der Waals surface area contributed by atoms with Crippen LogP contribution in [-0.4, -0.2) is 30.6 Å². The minimum absolute atomic E-state index is 0.573. The molecule has 0 atom stereocenters. The summed E-state index contributed by atoms with van der Waals surface area (Å²) in [4.78, 5) is 8.47. The van der Waals surface area contributed by atoms with Crippen molar-refractivity contribution in [3.8, 4) is 22.8 Å². The molecule has 0 fully saturated rings. The second-order valence-corrected chi connectivity index (χ2v) is 3.51. The van der Waals surface area contributed by atoms with E-state index >= 15 is 0 Å². The van der Waals surface area contributed by atoms with E-state index in [1.54, 1.807) is 12.4 Å². The first kappa shape index (κ1) is 10.4. The van der Waals surface area contributed by atoms with Gasteiger partial charge in [-0.2, -0.15) is 0 Å². The monoisotopic (exact) mass is 236 g/mol. The van der Waals surface area contributed by atoms with E-state index in [-0.39, 0.29) is 0 Å². The van der Waals surface area contributed by atoms with Crippen molar-refractivity contribution in [2.45, 2.75) is 0 Å². The van der Waals surface area contributed by atoms with E-state index in [4.69, 9.17) is 0 Å². The second kappa shape index (κ2) is 4.62. The molecule has 6 heteroatoms.